The van der Waals surface area contributed by atoms with Crippen LogP contribution in [0.2, 0.25) is 0 Å². The first-order valence-electron chi connectivity index (χ1n) is 6.80. The van der Waals surface area contributed by atoms with Crippen molar-refractivity contribution in [2.24, 2.45) is 5.92 Å². The van der Waals surface area contributed by atoms with E-state index in [-0.39, 0.29) is 11.0 Å². The minimum absolute atomic E-state index is 0.236. The Kier molecular flexibility index (Phi) is 5.14. The summed E-state index contributed by atoms with van der Waals surface area (Å²) >= 11 is 0. The number of piperidine rings is 1. The summed E-state index contributed by atoms with van der Waals surface area (Å²) in [5.41, 5.74) is -0.478. The number of carbonyl (C=O) groups excluding carboxylic acids is 1. The predicted octanol–water partition coefficient (Wildman–Crippen LogP) is 2.69. The van der Waals surface area contributed by atoms with Crippen LogP contribution in [0.25, 0.3) is 0 Å². The van der Waals surface area contributed by atoms with E-state index >= 15 is 0 Å². The molecule has 110 valence electrons. The number of amides is 1. The van der Waals surface area contributed by atoms with Gasteiger partial charge in [0.1, 0.15) is 5.60 Å². The van der Waals surface area contributed by atoms with Crippen LogP contribution < -0.4 is 0 Å². The highest BCUT2D eigenvalue weighted by molar-refractivity contribution is 5.68. The summed E-state index contributed by atoms with van der Waals surface area (Å²) in [6.07, 6.45) is 1.94. The van der Waals surface area contributed by atoms with Crippen molar-refractivity contribution in [3.63, 3.8) is 0 Å². The molecule has 0 aromatic carbocycles. The van der Waals surface area contributed by atoms with E-state index in [1.165, 1.54) is 0 Å². The molecule has 6 nitrogen and oxygen atoms in total. The highest BCUT2D eigenvalue weighted by atomic mass is 16.6. The molecule has 1 aliphatic rings. The highest BCUT2D eigenvalue weighted by Gasteiger charge is 2.29. The second-order valence-electron chi connectivity index (χ2n) is 6.28. The summed E-state index contributed by atoms with van der Waals surface area (Å²) in [6, 6.07) is -0.502. The quantitative estimate of drug-likeness (QED) is 0.585. The van der Waals surface area contributed by atoms with Crippen molar-refractivity contribution in [3.05, 3.63) is 10.1 Å². The number of nitro groups is 1. The summed E-state index contributed by atoms with van der Waals surface area (Å²) in [7, 11) is 0. The number of carbonyl (C=O) groups is 1. The average molecular weight is 272 g/mol. The van der Waals surface area contributed by atoms with Gasteiger partial charge in [-0.05, 0) is 39.5 Å². The normalized spacial score (nSPS) is 19.1. The number of ether oxygens (including phenoxy) is 1. The van der Waals surface area contributed by atoms with Crippen molar-refractivity contribution < 1.29 is 14.5 Å². The van der Waals surface area contributed by atoms with Crippen molar-refractivity contribution in [2.75, 3.05) is 13.1 Å². The van der Waals surface area contributed by atoms with E-state index in [1.807, 2.05) is 20.8 Å². The topological polar surface area (TPSA) is 72.7 Å². The molecular weight excluding hydrogens is 248 g/mol. The van der Waals surface area contributed by atoms with Crippen molar-refractivity contribution in [2.45, 2.75) is 58.6 Å². The molecule has 0 aromatic heterocycles. The average Bonchev–Trinajstić information content (AvgIpc) is 2.27. The fourth-order valence-electron chi connectivity index (χ4n) is 2.25. The van der Waals surface area contributed by atoms with Gasteiger partial charge in [-0.3, -0.25) is 10.1 Å². The third-order valence-corrected chi connectivity index (χ3v) is 3.30. The summed E-state index contributed by atoms with van der Waals surface area (Å²) in [5, 5.41) is 10.6. The SMILES string of the molecule is CC(CC1CCN(C(=O)OC(C)(C)C)CC1)[N+](=O)[O-]. The Bertz CT molecular complexity index is 330. The fourth-order valence-corrected chi connectivity index (χ4v) is 2.25. The van der Waals surface area contributed by atoms with Crippen LogP contribution in [-0.2, 0) is 4.74 Å². The first-order chi connectivity index (χ1) is 8.69. The minimum Gasteiger partial charge on any atom is -0.444 e. The number of hydrogen-bond donors (Lipinski definition) is 0. The van der Waals surface area contributed by atoms with Crippen molar-refractivity contribution in [1.29, 1.82) is 0 Å². The third-order valence-electron chi connectivity index (χ3n) is 3.30. The molecule has 1 atom stereocenters. The maximum atomic E-state index is 11.8. The molecule has 1 fully saturated rings. The lowest BCUT2D eigenvalue weighted by atomic mass is 9.91. The molecule has 1 rings (SSSR count). The molecule has 1 amide bonds. The number of likely N-dealkylation sites (tertiary alicyclic amines) is 1. The van der Waals surface area contributed by atoms with Crippen molar-refractivity contribution in [1.82, 2.24) is 4.90 Å². The van der Waals surface area contributed by atoms with Crippen molar-refractivity contribution >= 4 is 6.09 Å². The van der Waals surface area contributed by atoms with E-state index in [9.17, 15) is 14.9 Å². The minimum atomic E-state index is -0.502. The number of nitrogens with zero attached hydrogens (tertiary/aromatic N) is 2. The Morgan fingerprint density at radius 1 is 1.42 bits per heavy atom. The van der Waals surface area contributed by atoms with Crippen LogP contribution in [0.1, 0.15) is 47.0 Å². The van der Waals surface area contributed by atoms with E-state index in [0.717, 1.165) is 12.8 Å². The van der Waals surface area contributed by atoms with E-state index in [1.54, 1.807) is 11.8 Å². The molecule has 0 spiro atoms. The molecule has 1 aliphatic heterocycles. The van der Waals surface area contributed by atoms with E-state index in [2.05, 4.69) is 0 Å². The maximum Gasteiger partial charge on any atom is 0.410 e. The third kappa shape index (κ3) is 5.44. The van der Waals surface area contributed by atoms with Crippen LogP contribution in [0.4, 0.5) is 4.79 Å². The highest BCUT2D eigenvalue weighted by Crippen LogP contribution is 2.23. The molecule has 0 aliphatic carbocycles. The molecular formula is C13H24N2O4. The molecule has 1 unspecified atom stereocenters. The monoisotopic (exact) mass is 272 g/mol. The summed E-state index contributed by atoms with van der Waals surface area (Å²) in [5.74, 6) is 0.332. The van der Waals surface area contributed by atoms with Crippen LogP contribution in [0.3, 0.4) is 0 Å². The Balaban J connectivity index is 2.36. The fraction of sp³-hybridized carbons (Fsp3) is 0.923. The van der Waals surface area contributed by atoms with Gasteiger partial charge in [-0.15, -0.1) is 0 Å². The second kappa shape index (κ2) is 6.21. The van der Waals surface area contributed by atoms with Crippen LogP contribution in [0.5, 0.6) is 0 Å². The largest absolute Gasteiger partial charge is 0.444 e. The van der Waals surface area contributed by atoms with Crippen LogP contribution in [0, 0.1) is 16.0 Å². The van der Waals surface area contributed by atoms with Gasteiger partial charge >= 0.3 is 6.09 Å². The lowest BCUT2D eigenvalue weighted by Gasteiger charge is -2.33. The molecule has 0 aromatic rings. The summed E-state index contributed by atoms with van der Waals surface area (Å²) in [6.45, 7) is 8.43. The molecule has 19 heavy (non-hydrogen) atoms. The molecule has 0 saturated carbocycles. The maximum absolute atomic E-state index is 11.8. The lowest BCUT2D eigenvalue weighted by molar-refractivity contribution is -0.520. The smallest absolute Gasteiger partial charge is 0.410 e. The first kappa shape index (κ1) is 15.7. The number of rotatable bonds is 3. The van der Waals surface area contributed by atoms with Gasteiger partial charge in [0.15, 0.2) is 0 Å². The Hall–Kier alpha value is -1.33. The van der Waals surface area contributed by atoms with Gasteiger partial charge < -0.3 is 9.64 Å². The van der Waals surface area contributed by atoms with Gasteiger partial charge in [0.05, 0.1) is 0 Å². The van der Waals surface area contributed by atoms with Gasteiger partial charge in [-0.1, -0.05) is 0 Å². The standard InChI is InChI=1S/C13H24N2O4/c1-10(15(17)18)9-11-5-7-14(8-6-11)12(16)19-13(2,3)4/h10-11H,5-9H2,1-4H3. The zero-order chi connectivity index (χ0) is 14.6. The zero-order valence-corrected chi connectivity index (χ0v) is 12.2. The van der Waals surface area contributed by atoms with Crippen molar-refractivity contribution in [3.8, 4) is 0 Å². The molecule has 0 bridgehead atoms. The predicted molar refractivity (Wildman–Crippen MR) is 71.6 cm³/mol. The van der Waals surface area contributed by atoms with Gasteiger partial charge in [0.2, 0.25) is 6.04 Å². The number of hydrogen-bond acceptors (Lipinski definition) is 4. The zero-order valence-electron chi connectivity index (χ0n) is 12.2. The first-order valence-corrected chi connectivity index (χ1v) is 6.80. The molecule has 1 heterocycles. The second-order valence-corrected chi connectivity index (χ2v) is 6.28. The van der Waals surface area contributed by atoms with E-state index in [0.29, 0.717) is 25.4 Å². The van der Waals surface area contributed by atoms with Gasteiger partial charge in [-0.2, -0.15) is 0 Å². The molecule has 0 radical (unpaired) electrons. The van der Waals surface area contributed by atoms with Gasteiger partial charge in [-0.25, -0.2) is 4.79 Å². The van der Waals surface area contributed by atoms with E-state index < -0.39 is 11.6 Å². The molecule has 1 saturated heterocycles. The van der Waals surface area contributed by atoms with E-state index in [4.69, 9.17) is 4.74 Å². The summed E-state index contributed by atoms with van der Waals surface area (Å²) in [4.78, 5) is 23.9. The Morgan fingerprint density at radius 2 is 1.95 bits per heavy atom. The Morgan fingerprint density at radius 3 is 2.37 bits per heavy atom. The van der Waals surface area contributed by atoms with Crippen LogP contribution in [-0.4, -0.2) is 40.6 Å². The Labute approximate surface area is 114 Å². The van der Waals surface area contributed by atoms with Gasteiger partial charge in [0, 0.05) is 31.4 Å². The van der Waals surface area contributed by atoms with Crippen LogP contribution >= 0.6 is 0 Å². The lowest BCUT2D eigenvalue weighted by Crippen LogP contribution is -2.42. The molecule has 0 N–H and O–H groups in total. The summed E-state index contributed by atoms with van der Waals surface area (Å²) < 4.78 is 5.31. The van der Waals surface area contributed by atoms with Crippen LogP contribution in [0.15, 0.2) is 0 Å². The van der Waals surface area contributed by atoms with Gasteiger partial charge in [0.25, 0.3) is 0 Å². The molecule has 6 heteroatoms.